The average Bonchev–Trinajstić information content (AvgIpc) is 2.47. The first kappa shape index (κ1) is 15.5. The van der Waals surface area contributed by atoms with Gasteiger partial charge in [0.25, 0.3) is 0 Å². The van der Waals surface area contributed by atoms with Gasteiger partial charge in [-0.3, -0.25) is 0 Å². The Morgan fingerprint density at radius 3 is 2.25 bits per heavy atom. The molecule has 1 aromatic carbocycles. The number of nitrogens with one attached hydrogen (secondary N) is 1. The first-order chi connectivity index (χ1) is 9.46. The number of sulfonamides is 1. The fraction of sp³-hybridized carbons (Fsp3) is 0.600. The van der Waals surface area contributed by atoms with E-state index in [0.29, 0.717) is 11.4 Å². The molecular weight excluding hydrogens is 272 g/mol. The lowest BCUT2D eigenvalue weighted by Crippen LogP contribution is -2.53. The summed E-state index contributed by atoms with van der Waals surface area (Å²) in [5.74, 6) is 0. The fourth-order valence-corrected chi connectivity index (χ4v) is 4.05. The van der Waals surface area contributed by atoms with Gasteiger partial charge in [-0.25, -0.2) is 13.1 Å². The van der Waals surface area contributed by atoms with Gasteiger partial charge in [0, 0.05) is 12.1 Å². The zero-order chi connectivity index (χ0) is 14.6. The van der Waals surface area contributed by atoms with E-state index in [4.69, 9.17) is 0 Å². The summed E-state index contributed by atoms with van der Waals surface area (Å²) in [7, 11) is 0.680. The van der Waals surface area contributed by atoms with Crippen molar-refractivity contribution in [1.29, 1.82) is 0 Å². The Morgan fingerprint density at radius 1 is 1.10 bits per heavy atom. The van der Waals surface area contributed by atoms with Crippen LogP contribution in [0.25, 0.3) is 0 Å². The number of hydrogen-bond acceptors (Lipinski definition) is 3. The number of hydrogen-bond donors (Lipinski definition) is 1. The highest BCUT2D eigenvalue weighted by Crippen LogP contribution is 2.31. The fourth-order valence-electron chi connectivity index (χ4n) is 2.90. The van der Waals surface area contributed by atoms with Gasteiger partial charge in [0.15, 0.2) is 0 Å². The topological polar surface area (TPSA) is 49.4 Å². The number of rotatable bonds is 5. The van der Waals surface area contributed by atoms with Gasteiger partial charge in [-0.15, -0.1) is 0 Å². The molecule has 0 heterocycles. The van der Waals surface area contributed by atoms with E-state index < -0.39 is 10.0 Å². The maximum Gasteiger partial charge on any atom is 0.240 e. The van der Waals surface area contributed by atoms with Crippen LogP contribution in [0.15, 0.2) is 35.2 Å². The minimum atomic E-state index is -3.41. The van der Waals surface area contributed by atoms with Gasteiger partial charge in [-0.2, -0.15) is 0 Å². The molecule has 0 aromatic heterocycles. The summed E-state index contributed by atoms with van der Waals surface area (Å²) >= 11 is 0. The highest BCUT2D eigenvalue weighted by molar-refractivity contribution is 7.89. The summed E-state index contributed by atoms with van der Waals surface area (Å²) in [5.41, 5.74) is -0.0416. The molecule has 1 saturated carbocycles. The van der Waals surface area contributed by atoms with Crippen molar-refractivity contribution in [2.75, 3.05) is 20.6 Å². The molecule has 1 N–H and O–H groups in total. The van der Waals surface area contributed by atoms with Crippen LogP contribution in [0.5, 0.6) is 0 Å². The molecule has 0 saturated heterocycles. The van der Waals surface area contributed by atoms with E-state index in [0.717, 1.165) is 12.8 Å². The third kappa shape index (κ3) is 3.40. The molecular formula is C15H24N2O2S. The molecule has 2 rings (SSSR count). The van der Waals surface area contributed by atoms with Crippen molar-refractivity contribution < 1.29 is 8.42 Å². The third-order valence-corrected chi connectivity index (χ3v) is 5.79. The molecule has 1 aliphatic rings. The van der Waals surface area contributed by atoms with E-state index in [-0.39, 0.29) is 5.54 Å². The Labute approximate surface area is 122 Å². The largest absolute Gasteiger partial charge is 0.302 e. The second kappa shape index (κ2) is 6.24. The predicted molar refractivity (Wildman–Crippen MR) is 81.1 cm³/mol. The molecule has 20 heavy (non-hydrogen) atoms. The minimum Gasteiger partial charge on any atom is -0.302 e. The second-order valence-corrected chi connectivity index (χ2v) is 7.58. The van der Waals surface area contributed by atoms with Crippen LogP contribution in [-0.2, 0) is 10.0 Å². The quantitative estimate of drug-likeness (QED) is 0.906. The van der Waals surface area contributed by atoms with Gasteiger partial charge >= 0.3 is 0 Å². The van der Waals surface area contributed by atoms with Crippen LogP contribution < -0.4 is 4.72 Å². The van der Waals surface area contributed by atoms with Gasteiger partial charge in [0.05, 0.1) is 4.90 Å². The first-order valence-corrected chi connectivity index (χ1v) is 8.67. The van der Waals surface area contributed by atoms with E-state index in [1.165, 1.54) is 19.3 Å². The molecule has 0 aliphatic heterocycles. The molecule has 0 atom stereocenters. The Hall–Kier alpha value is -0.910. The van der Waals surface area contributed by atoms with Crippen LogP contribution in [0, 0.1) is 0 Å². The van der Waals surface area contributed by atoms with E-state index in [9.17, 15) is 8.42 Å². The van der Waals surface area contributed by atoms with Crippen molar-refractivity contribution in [2.45, 2.75) is 42.5 Å². The van der Waals surface area contributed by atoms with Gasteiger partial charge in [-0.1, -0.05) is 37.5 Å². The van der Waals surface area contributed by atoms with Crippen LogP contribution in [0.1, 0.15) is 32.1 Å². The zero-order valence-electron chi connectivity index (χ0n) is 12.3. The lowest BCUT2D eigenvalue weighted by Gasteiger charge is -2.43. The summed E-state index contributed by atoms with van der Waals surface area (Å²) in [6.07, 6.45) is 5.70. The Morgan fingerprint density at radius 2 is 1.70 bits per heavy atom. The molecule has 1 fully saturated rings. The molecule has 0 unspecified atom stereocenters. The van der Waals surface area contributed by atoms with Crippen molar-refractivity contribution in [1.82, 2.24) is 9.62 Å². The molecule has 1 aliphatic carbocycles. The molecule has 5 heteroatoms. The number of nitrogens with zero attached hydrogens (tertiary/aromatic N) is 1. The van der Waals surface area contributed by atoms with Gasteiger partial charge in [-0.05, 0) is 39.1 Å². The van der Waals surface area contributed by atoms with Crippen molar-refractivity contribution in [3.05, 3.63) is 30.3 Å². The van der Waals surface area contributed by atoms with Crippen molar-refractivity contribution >= 4 is 10.0 Å². The lowest BCUT2D eigenvalue weighted by molar-refractivity contribution is 0.105. The predicted octanol–water partition coefficient (Wildman–Crippen LogP) is 2.23. The first-order valence-electron chi connectivity index (χ1n) is 7.18. The number of benzene rings is 1. The number of likely N-dealkylation sites (N-methyl/N-ethyl adjacent to an activating group) is 1. The smallest absolute Gasteiger partial charge is 0.240 e. The maximum atomic E-state index is 12.3. The molecule has 4 nitrogen and oxygen atoms in total. The van der Waals surface area contributed by atoms with Crippen molar-refractivity contribution in [3.63, 3.8) is 0 Å². The average molecular weight is 296 g/mol. The summed E-state index contributed by atoms with van der Waals surface area (Å²) in [6.45, 7) is 0.483. The monoisotopic (exact) mass is 296 g/mol. The highest BCUT2D eigenvalue weighted by Gasteiger charge is 2.35. The van der Waals surface area contributed by atoms with Gasteiger partial charge in [0.2, 0.25) is 10.0 Å². The molecule has 0 bridgehead atoms. The molecule has 112 valence electrons. The van der Waals surface area contributed by atoms with Crippen LogP contribution in [0.3, 0.4) is 0 Å². The zero-order valence-corrected chi connectivity index (χ0v) is 13.1. The highest BCUT2D eigenvalue weighted by atomic mass is 32.2. The van der Waals surface area contributed by atoms with Crippen LogP contribution in [0.2, 0.25) is 0 Å². The second-order valence-electron chi connectivity index (χ2n) is 5.82. The van der Waals surface area contributed by atoms with Crippen LogP contribution in [-0.4, -0.2) is 39.5 Å². The van der Waals surface area contributed by atoms with Gasteiger partial charge in [0.1, 0.15) is 0 Å². The van der Waals surface area contributed by atoms with Crippen molar-refractivity contribution in [3.8, 4) is 0 Å². The Bertz CT molecular complexity index is 520. The van der Waals surface area contributed by atoms with E-state index >= 15 is 0 Å². The summed E-state index contributed by atoms with van der Waals surface area (Å²) in [5, 5.41) is 0. The third-order valence-electron chi connectivity index (χ3n) is 4.38. The molecule has 0 spiro atoms. The lowest BCUT2D eigenvalue weighted by atomic mass is 9.81. The van der Waals surface area contributed by atoms with Crippen LogP contribution >= 0.6 is 0 Å². The molecule has 0 radical (unpaired) electrons. The molecule has 0 amide bonds. The van der Waals surface area contributed by atoms with E-state index in [1.807, 2.05) is 20.2 Å². The normalized spacial score (nSPS) is 19.1. The summed E-state index contributed by atoms with van der Waals surface area (Å²) < 4.78 is 27.4. The van der Waals surface area contributed by atoms with Crippen molar-refractivity contribution in [2.24, 2.45) is 0 Å². The Kier molecular flexibility index (Phi) is 4.83. The molecule has 1 aromatic rings. The minimum absolute atomic E-state index is 0.0416. The summed E-state index contributed by atoms with van der Waals surface area (Å²) in [6, 6.07) is 8.58. The standard InChI is InChI=1S/C15H24N2O2S/c1-17(2)15(11-7-4-8-12-15)13-16-20(18,19)14-9-5-3-6-10-14/h3,5-6,9-10,16H,4,7-8,11-13H2,1-2H3. The van der Waals surface area contributed by atoms with E-state index in [1.54, 1.807) is 24.3 Å². The summed E-state index contributed by atoms with van der Waals surface area (Å²) in [4.78, 5) is 2.52. The van der Waals surface area contributed by atoms with Gasteiger partial charge < -0.3 is 4.90 Å². The van der Waals surface area contributed by atoms with E-state index in [2.05, 4.69) is 9.62 Å². The van der Waals surface area contributed by atoms with Crippen LogP contribution in [0.4, 0.5) is 0 Å². The Balaban J connectivity index is 2.10. The maximum absolute atomic E-state index is 12.3. The SMILES string of the molecule is CN(C)C1(CNS(=O)(=O)c2ccccc2)CCCCC1.